The van der Waals surface area contributed by atoms with Gasteiger partial charge in [0.05, 0.1) is 19.8 Å². The normalized spacial score (nSPS) is 27.6. The average Bonchev–Trinajstić information content (AvgIpc) is 2.68. The van der Waals surface area contributed by atoms with Gasteiger partial charge in [0.15, 0.2) is 18.5 Å². The molecule has 6 atom stereocenters. The third-order valence-electron chi connectivity index (χ3n) is 4.29. The van der Waals surface area contributed by atoms with Gasteiger partial charge >= 0.3 is 29.5 Å². The smallest absolute Gasteiger partial charge is 0.355 e. The molecule has 1 heterocycles. The zero-order valence-corrected chi connectivity index (χ0v) is 17.3. The summed E-state index contributed by atoms with van der Waals surface area (Å²) in [5.41, 5.74) is -3.29. The number of halogens is 1. The van der Waals surface area contributed by atoms with Crippen molar-refractivity contribution in [1.82, 2.24) is 0 Å². The molecule has 0 aromatic heterocycles. The summed E-state index contributed by atoms with van der Waals surface area (Å²) in [6.07, 6.45) is -8.21. The van der Waals surface area contributed by atoms with E-state index in [2.05, 4.69) is 4.74 Å². The van der Waals surface area contributed by atoms with Gasteiger partial charge in [-0.2, -0.15) is 0 Å². The van der Waals surface area contributed by atoms with Crippen LogP contribution in [0.4, 0.5) is 4.39 Å². The number of carbonyl (C=O) groups is 4. The van der Waals surface area contributed by atoms with Crippen molar-refractivity contribution in [2.24, 2.45) is 0 Å². The third kappa shape index (κ3) is 7.09. The highest BCUT2D eigenvalue weighted by molar-refractivity contribution is 6.02. The largest absolute Gasteiger partial charge is 0.478 e. The Kier molecular flexibility index (Phi) is 10.2. The van der Waals surface area contributed by atoms with E-state index >= 15 is 0 Å². The Hall–Kier alpha value is -2.35. The van der Waals surface area contributed by atoms with Gasteiger partial charge in [0.1, 0.15) is 12.2 Å². The maximum Gasteiger partial charge on any atom is 0.355 e. The molecule has 3 N–H and O–H groups in total. The number of carboxylic acid groups (broad SMARTS) is 1. The summed E-state index contributed by atoms with van der Waals surface area (Å²) in [5.74, 6) is -5.19. The number of aliphatic carboxylic acids is 1. The number of rotatable bonds is 11. The fourth-order valence-corrected chi connectivity index (χ4v) is 2.88. The van der Waals surface area contributed by atoms with E-state index in [4.69, 9.17) is 24.1 Å². The predicted molar refractivity (Wildman–Crippen MR) is 96.2 cm³/mol. The van der Waals surface area contributed by atoms with E-state index in [-0.39, 0.29) is 19.6 Å². The lowest BCUT2D eigenvalue weighted by Crippen LogP contribution is -2.61. The zero-order chi connectivity index (χ0) is 23.8. The van der Waals surface area contributed by atoms with E-state index in [0.29, 0.717) is 0 Å². The Bertz CT molecular complexity index is 655. The summed E-state index contributed by atoms with van der Waals surface area (Å²) in [6.45, 7) is 2.22. The van der Waals surface area contributed by atoms with Crippen LogP contribution in [0.15, 0.2) is 0 Å². The first-order valence-electron chi connectivity index (χ1n) is 9.47. The Labute approximate surface area is 177 Å². The molecule has 1 aliphatic heterocycles. The number of hydrogen-bond acceptors (Lipinski definition) is 11. The lowest BCUT2D eigenvalue weighted by Gasteiger charge is -2.42. The van der Waals surface area contributed by atoms with Gasteiger partial charge in [-0.1, -0.05) is 0 Å². The van der Waals surface area contributed by atoms with Gasteiger partial charge in [-0.25, -0.2) is 14.0 Å². The second-order valence-electron chi connectivity index (χ2n) is 6.67. The molecular formula is C18H27FO12. The fourth-order valence-electron chi connectivity index (χ4n) is 2.88. The number of alkyl halides is 1. The molecule has 0 amide bonds. The average molecular weight is 454 g/mol. The van der Waals surface area contributed by atoms with E-state index in [9.17, 15) is 33.8 Å². The van der Waals surface area contributed by atoms with Crippen molar-refractivity contribution in [1.29, 1.82) is 0 Å². The van der Waals surface area contributed by atoms with Crippen LogP contribution in [-0.2, 0) is 42.9 Å². The van der Waals surface area contributed by atoms with Crippen LogP contribution in [0.3, 0.4) is 0 Å². The van der Waals surface area contributed by atoms with E-state index in [1.807, 2.05) is 0 Å². The first kappa shape index (κ1) is 26.7. The van der Waals surface area contributed by atoms with E-state index in [1.54, 1.807) is 0 Å². The predicted octanol–water partition coefficient (Wildman–Crippen LogP) is -0.919. The van der Waals surface area contributed by atoms with Crippen LogP contribution in [0, 0.1) is 0 Å². The van der Waals surface area contributed by atoms with E-state index in [0.717, 1.165) is 13.8 Å². The molecule has 1 rings (SSSR count). The van der Waals surface area contributed by atoms with Crippen molar-refractivity contribution in [2.75, 3.05) is 19.8 Å². The van der Waals surface area contributed by atoms with Crippen LogP contribution in [0.25, 0.3) is 0 Å². The number of carbonyl (C=O) groups excluding carboxylic acids is 3. The molecule has 2 unspecified atom stereocenters. The third-order valence-corrected chi connectivity index (χ3v) is 4.29. The molecule has 0 spiro atoms. The molecule has 31 heavy (non-hydrogen) atoms. The molecular weight excluding hydrogens is 427 g/mol. The quantitative estimate of drug-likeness (QED) is 0.152. The summed E-state index contributed by atoms with van der Waals surface area (Å²) < 4.78 is 39.7. The standard InChI is InChI=1S/C18H27FO12/c1-4-27-17(26)18(19,16(24)25)6-5-7-28-15-14(30-10(3)22)13(29-9(2)21)12(23)11(8-20)31-15/h11-15,20,23H,4-8H2,1-3H3,(H,24,25)/t11-,12-,13+,14+,15?,18?/m1/s1. The minimum Gasteiger partial charge on any atom is -0.478 e. The summed E-state index contributed by atoms with van der Waals surface area (Å²) in [5, 5.41) is 28.7. The van der Waals surface area contributed by atoms with Crippen molar-refractivity contribution in [3.05, 3.63) is 0 Å². The Morgan fingerprint density at radius 1 is 1.10 bits per heavy atom. The minimum atomic E-state index is -3.29. The molecule has 0 bridgehead atoms. The maximum atomic E-state index is 14.5. The van der Waals surface area contributed by atoms with Crippen LogP contribution in [0.1, 0.15) is 33.6 Å². The van der Waals surface area contributed by atoms with Gasteiger partial charge in [-0.05, 0) is 13.3 Å². The van der Waals surface area contributed by atoms with Crippen LogP contribution in [0.2, 0.25) is 0 Å². The van der Waals surface area contributed by atoms with Gasteiger partial charge in [-0.15, -0.1) is 0 Å². The van der Waals surface area contributed by atoms with Gasteiger partial charge in [0.25, 0.3) is 0 Å². The zero-order valence-electron chi connectivity index (χ0n) is 17.3. The summed E-state index contributed by atoms with van der Waals surface area (Å²) in [4.78, 5) is 45.6. The van der Waals surface area contributed by atoms with Crippen molar-refractivity contribution < 1.29 is 62.6 Å². The Morgan fingerprint density at radius 2 is 1.68 bits per heavy atom. The molecule has 0 aromatic carbocycles. The molecule has 1 saturated heterocycles. The van der Waals surface area contributed by atoms with Gasteiger partial charge < -0.3 is 39.0 Å². The lowest BCUT2D eigenvalue weighted by atomic mass is 9.98. The van der Waals surface area contributed by atoms with Crippen molar-refractivity contribution in [3.8, 4) is 0 Å². The molecule has 0 saturated carbocycles. The van der Waals surface area contributed by atoms with Crippen molar-refractivity contribution in [2.45, 2.75) is 70.0 Å². The number of aliphatic hydroxyl groups excluding tert-OH is 2. The summed E-state index contributed by atoms with van der Waals surface area (Å²) >= 11 is 0. The van der Waals surface area contributed by atoms with Crippen molar-refractivity contribution in [3.63, 3.8) is 0 Å². The Morgan fingerprint density at radius 3 is 2.16 bits per heavy atom. The van der Waals surface area contributed by atoms with Crippen LogP contribution in [-0.4, -0.2) is 95.4 Å². The monoisotopic (exact) mass is 454 g/mol. The topological polar surface area (TPSA) is 175 Å². The number of aliphatic hydroxyl groups is 2. The van der Waals surface area contributed by atoms with Gasteiger partial charge in [0, 0.05) is 20.3 Å². The molecule has 0 aromatic rings. The second kappa shape index (κ2) is 11.9. The molecule has 12 nitrogen and oxygen atoms in total. The Balaban J connectivity index is 2.89. The second-order valence-corrected chi connectivity index (χ2v) is 6.67. The van der Waals surface area contributed by atoms with Crippen molar-refractivity contribution >= 4 is 23.9 Å². The highest BCUT2D eigenvalue weighted by Gasteiger charge is 2.50. The van der Waals surface area contributed by atoms with Crippen LogP contribution >= 0.6 is 0 Å². The summed E-state index contributed by atoms with van der Waals surface area (Å²) in [6, 6.07) is 0. The minimum absolute atomic E-state index is 0.212. The fraction of sp³-hybridized carbons (Fsp3) is 0.778. The summed E-state index contributed by atoms with van der Waals surface area (Å²) in [7, 11) is 0. The molecule has 1 fully saturated rings. The maximum absolute atomic E-state index is 14.5. The first-order chi connectivity index (χ1) is 14.5. The number of hydrogen-bond donors (Lipinski definition) is 3. The highest BCUT2D eigenvalue weighted by atomic mass is 19.1. The molecule has 178 valence electrons. The highest BCUT2D eigenvalue weighted by Crippen LogP contribution is 2.28. The number of carboxylic acids is 1. The van der Waals surface area contributed by atoms with E-state index in [1.165, 1.54) is 6.92 Å². The number of esters is 3. The van der Waals surface area contributed by atoms with Gasteiger partial charge in [-0.3, -0.25) is 9.59 Å². The SMILES string of the molecule is CCOC(=O)C(F)(CCCOC1O[C@H](CO)[C@@H](O)[C@H](OC(C)=O)[C@@H]1OC(C)=O)C(=O)O. The molecule has 13 heteroatoms. The first-order valence-corrected chi connectivity index (χ1v) is 9.47. The number of ether oxygens (including phenoxy) is 5. The van der Waals surface area contributed by atoms with E-state index < -0.39 is 73.3 Å². The van der Waals surface area contributed by atoms with Crippen LogP contribution in [0.5, 0.6) is 0 Å². The molecule has 0 radical (unpaired) electrons. The lowest BCUT2D eigenvalue weighted by molar-refractivity contribution is -0.306. The molecule has 0 aliphatic carbocycles. The molecule has 1 aliphatic rings. The van der Waals surface area contributed by atoms with Crippen LogP contribution < -0.4 is 0 Å². The van der Waals surface area contributed by atoms with Gasteiger partial charge in [0.2, 0.25) is 0 Å².